The van der Waals surface area contributed by atoms with Crippen molar-refractivity contribution in [2.24, 2.45) is 0 Å². The summed E-state index contributed by atoms with van der Waals surface area (Å²) in [5.41, 5.74) is 3.03. The first-order valence-corrected chi connectivity index (χ1v) is 9.08. The Bertz CT molecular complexity index is 700. The van der Waals surface area contributed by atoms with Crippen LogP contribution in [-0.2, 0) is 16.1 Å². The predicted octanol–water partition coefficient (Wildman–Crippen LogP) is 2.00. The van der Waals surface area contributed by atoms with Crippen molar-refractivity contribution >= 4 is 23.6 Å². The molecule has 0 bridgehead atoms. The van der Waals surface area contributed by atoms with Gasteiger partial charge in [-0.25, -0.2) is 0 Å². The number of thioether (sulfide) groups is 1. The van der Waals surface area contributed by atoms with E-state index in [4.69, 9.17) is 0 Å². The first kappa shape index (κ1) is 16.6. The van der Waals surface area contributed by atoms with E-state index < -0.39 is 0 Å². The van der Waals surface area contributed by atoms with E-state index >= 15 is 0 Å². The second-order valence-corrected chi connectivity index (χ2v) is 6.62. The van der Waals surface area contributed by atoms with Crippen LogP contribution in [0.4, 0.5) is 0 Å². The number of nitrogens with one attached hydrogen (secondary N) is 2. The molecule has 1 unspecified atom stereocenters. The van der Waals surface area contributed by atoms with Crippen molar-refractivity contribution in [1.29, 1.82) is 0 Å². The zero-order chi connectivity index (χ0) is 16.9. The van der Waals surface area contributed by atoms with Gasteiger partial charge in [-0.15, -0.1) is 11.8 Å². The molecule has 1 aliphatic heterocycles. The number of nitrogens with zero attached hydrogens (tertiary/aromatic N) is 2. The molecule has 1 aromatic heterocycles. The maximum Gasteiger partial charge on any atom is 0.243 e. The van der Waals surface area contributed by atoms with Gasteiger partial charge >= 0.3 is 0 Å². The van der Waals surface area contributed by atoms with Gasteiger partial charge in [-0.3, -0.25) is 14.7 Å². The standard InChI is InChI=1S/C17H20N4O2S/c1-2-16(22)21-11-24-10-15(21)17(23)18-9-12-3-5-13(6-4-12)14-7-8-19-20-14/h3-8,15H,2,9-11H2,1H3,(H,18,23)(H,19,20). The summed E-state index contributed by atoms with van der Waals surface area (Å²) in [4.78, 5) is 25.9. The average Bonchev–Trinajstić information content (AvgIpc) is 3.30. The molecule has 1 aliphatic rings. The Hall–Kier alpha value is -2.28. The van der Waals surface area contributed by atoms with E-state index in [0.29, 0.717) is 24.6 Å². The van der Waals surface area contributed by atoms with Crippen LogP contribution in [-0.4, -0.2) is 44.6 Å². The second kappa shape index (κ2) is 7.53. The number of hydrogen-bond donors (Lipinski definition) is 2. The Morgan fingerprint density at radius 2 is 2.12 bits per heavy atom. The van der Waals surface area contributed by atoms with Gasteiger partial charge < -0.3 is 10.2 Å². The molecule has 0 radical (unpaired) electrons. The van der Waals surface area contributed by atoms with Crippen LogP contribution in [0.3, 0.4) is 0 Å². The number of rotatable bonds is 5. The van der Waals surface area contributed by atoms with Crippen LogP contribution < -0.4 is 5.32 Å². The van der Waals surface area contributed by atoms with Gasteiger partial charge in [0, 0.05) is 24.9 Å². The van der Waals surface area contributed by atoms with E-state index in [2.05, 4.69) is 15.5 Å². The number of hydrogen-bond acceptors (Lipinski definition) is 4. The molecule has 2 N–H and O–H groups in total. The van der Waals surface area contributed by atoms with E-state index in [1.165, 1.54) is 0 Å². The van der Waals surface area contributed by atoms with E-state index in [9.17, 15) is 9.59 Å². The van der Waals surface area contributed by atoms with Crippen molar-refractivity contribution in [3.05, 3.63) is 42.1 Å². The fraction of sp³-hybridized carbons (Fsp3) is 0.353. The fourth-order valence-electron chi connectivity index (χ4n) is 2.63. The molecule has 126 valence electrons. The van der Waals surface area contributed by atoms with Gasteiger partial charge in [-0.2, -0.15) is 5.10 Å². The van der Waals surface area contributed by atoms with Crippen molar-refractivity contribution < 1.29 is 9.59 Å². The van der Waals surface area contributed by atoms with Crippen molar-refractivity contribution in [2.45, 2.75) is 25.9 Å². The minimum Gasteiger partial charge on any atom is -0.350 e. The van der Waals surface area contributed by atoms with E-state index in [0.717, 1.165) is 16.8 Å². The van der Waals surface area contributed by atoms with Crippen molar-refractivity contribution in [1.82, 2.24) is 20.4 Å². The SMILES string of the molecule is CCC(=O)N1CSCC1C(=O)NCc1ccc(-c2ccn[nH]2)cc1. The predicted molar refractivity (Wildman–Crippen MR) is 94.1 cm³/mol. The molecule has 0 aliphatic carbocycles. The van der Waals surface area contributed by atoms with E-state index in [1.54, 1.807) is 22.9 Å². The number of carbonyl (C=O) groups excluding carboxylic acids is 2. The molecule has 24 heavy (non-hydrogen) atoms. The smallest absolute Gasteiger partial charge is 0.243 e. The number of H-pyrrole nitrogens is 1. The van der Waals surface area contributed by atoms with Crippen LogP contribution >= 0.6 is 11.8 Å². The van der Waals surface area contributed by atoms with E-state index in [1.807, 2.05) is 37.3 Å². The number of carbonyl (C=O) groups is 2. The fourth-order valence-corrected chi connectivity index (χ4v) is 3.82. The number of aromatic nitrogens is 2. The van der Waals surface area contributed by atoms with Crippen LogP contribution in [0.15, 0.2) is 36.5 Å². The summed E-state index contributed by atoms with van der Waals surface area (Å²) < 4.78 is 0. The molecular formula is C17H20N4O2S. The Labute approximate surface area is 145 Å². The number of benzene rings is 1. The normalized spacial score (nSPS) is 17.0. The first-order valence-electron chi connectivity index (χ1n) is 7.92. The van der Waals surface area contributed by atoms with Crippen LogP contribution in [0.1, 0.15) is 18.9 Å². The van der Waals surface area contributed by atoms with Crippen molar-refractivity contribution in [3.63, 3.8) is 0 Å². The number of aromatic amines is 1. The Morgan fingerprint density at radius 3 is 2.79 bits per heavy atom. The molecule has 1 aromatic carbocycles. The van der Waals surface area contributed by atoms with Crippen molar-refractivity contribution in [3.8, 4) is 11.3 Å². The molecule has 0 saturated carbocycles. The molecule has 2 heterocycles. The monoisotopic (exact) mass is 344 g/mol. The molecule has 0 spiro atoms. The Balaban J connectivity index is 1.57. The van der Waals surface area contributed by atoms with Gasteiger partial charge in [0.05, 0.1) is 11.6 Å². The minimum absolute atomic E-state index is 0.0315. The molecule has 1 fully saturated rings. The number of amides is 2. The molecule has 2 amide bonds. The second-order valence-electron chi connectivity index (χ2n) is 5.62. The van der Waals surface area contributed by atoms with Gasteiger partial charge in [0.2, 0.25) is 11.8 Å². The zero-order valence-electron chi connectivity index (χ0n) is 13.5. The zero-order valence-corrected chi connectivity index (χ0v) is 14.3. The molecule has 3 rings (SSSR count). The van der Waals surface area contributed by atoms with Crippen LogP contribution in [0, 0.1) is 0 Å². The molecule has 2 aromatic rings. The highest BCUT2D eigenvalue weighted by Crippen LogP contribution is 2.22. The summed E-state index contributed by atoms with van der Waals surface area (Å²) in [6.07, 6.45) is 2.14. The average molecular weight is 344 g/mol. The molecule has 1 atom stereocenters. The molecular weight excluding hydrogens is 324 g/mol. The molecule has 6 nitrogen and oxygen atoms in total. The van der Waals surface area contributed by atoms with Gasteiger partial charge in [0.1, 0.15) is 6.04 Å². The highest BCUT2D eigenvalue weighted by Gasteiger charge is 2.33. The summed E-state index contributed by atoms with van der Waals surface area (Å²) in [6.45, 7) is 2.28. The van der Waals surface area contributed by atoms with Crippen LogP contribution in [0.25, 0.3) is 11.3 Å². The quantitative estimate of drug-likeness (QED) is 0.870. The maximum absolute atomic E-state index is 12.4. The highest BCUT2D eigenvalue weighted by atomic mass is 32.2. The lowest BCUT2D eigenvalue weighted by Crippen LogP contribution is -2.46. The van der Waals surface area contributed by atoms with Crippen molar-refractivity contribution in [2.75, 3.05) is 11.6 Å². The third-order valence-corrected chi connectivity index (χ3v) is 5.05. The Morgan fingerprint density at radius 1 is 1.33 bits per heavy atom. The Kier molecular flexibility index (Phi) is 5.20. The van der Waals surface area contributed by atoms with Gasteiger partial charge in [0.25, 0.3) is 0 Å². The van der Waals surface area contributed by atoms with Crippen LogP contribution in [0.5, 0.6) is 0 Å². The third-order valence-electron chi connectivity index (χ3n) is 4.04. The van der Waals surface area contributed by atoms with Gasteiger partial charge in [-0.1, -0.05) is 31.2 Å². The van der Waals surface area contributed by atoms with Gasteiger partial charge in [-0.05, 0) is 17.2 Å². The summed E-state index contributed by atoms with van der Waals surface area (Å²) >= 11 is 1.62. The lowest BCUT2D eigenvalue weighted by atomic mass is 10.1. The van der Waals surface area contributed by atoms with E-state index in [-0.39, 0.29) is 17.9 Å². The highest BCUT2D eigenvalue weighted by molar-refractivity contribution is 7.99. The lowest BCUT2D eigenvalue weighted by molar-refractivity contribution is -0.137. The van der Waals surface area contributed by atoms with Gasteiger partial charge in [0.15, 0.2) is 0 Å². The topological polar surface area (TPSA) is 78.1 Å². The van der Waals surface area contributed by atoms with Crippen LogP contribution in [0.2, 0.25) is 0 Å². The molecule has 7 heteroatoms. The minimum atomic E-state index is -0.355. The first-order chi connectivity index (χ1) is 11.7. The summed E-state index contributed by atoms with van der Waals surface area (Å²) in [5, 5.41) is 9.80. The third kappa shape index (κ3) is 3.62. The summed E-state index contributed by atoms with van der Waals surface area (Å²) in [7, 11) is 0. The summed E-state index contributed by atoms with van der Waals surface area (Å²) in [6, 6.07) is 9.50. The largest absolute Gasteiger partial charge is 0.350 e. The lowest BCUT2D eigenvalue weighted by Gasteiger charge is -2.22. The molecule has 1 saturated heterocycles. The maximum atomic E-state index is 12.4. The summed E-state index contributed by atoms with van der Waals surface area (Å²) in [5.74, 6) is 1.21.